The van der Waals surface area contributed by atoms with Crippen LogP contribution < -0.4 is 5.32 Å². The van der Waals surface area contributed by atoms with Crippen LogP contribution in [0.3, 0.4) is 0 Å². The summed E-state index contributed by atoms with van der Waals surface area (Å²) in [5, 5.41) is 3.37. The Balaban J connectivity index is 3.18. The number of ketones is 1. The molecule has 0 aromatic heterocycles. The second-order valence-electron chi connectivity index (χ2n) is 4.54. The Morgan fingerprint density at radius 1 is 1.07 bits per heavy atom. The zero-order valence-electron chi connectivity index (χ0n) is 10.1. The number of hydrogen-bond acceptors (Lipinski definition) is 2. The molecule has 0 bridgehead atoms. The number of nitrogens with one attached hydrogen (secondary N) is 1. The Labute approximate surface area is 88.5 Å². The first-order valence-electron chi connectivity index (χ1n) is 5.80. The van der Waals surface area contributed by atoms with E-state index in [1.807, 2.05) is 13.8 Å². The summed E-state index contributed by atoms with van der Waals surface area (Å²) in [5.74, 6) is 0.616. The van der Waals surface area contributed by atoms with E-state index in [4.69, 9.17) is 0 Å². The number of unbranched alkanes of at least 4 members (excludes halogenated alkanes) is 2. The van der Waals surface area contributed by atoms with Gasteiger partial charge in [-0.2, -0.15) is 0 Å². The molecule has 0 aliphatic heterocycles. The lowest BCUT2D eigenvalue weighted by molar-refractivity contribution is -0.122. The summed E-state index contributed by atoms with van der Waals surface area (Å²) in [7, 11) is 0. The summed E-state index contributed by atoms with van der Waals surface area (Å²) in [4.78, 5) is 11.3. The van der Waals surface area contributed by atoms with Gasteiger partial charge in [0.1, 0.15) is 5.78 Å². The smallest absolute Gasteiger partial charge is 0.135 e. The van der Waals surface area contributed by atoms with Crippen molar-refractivity contribution < 1.29 is 4.79 Å². The van der Waals surface area contributed by atoms with Crippen molar-refractivity contribution in [2.45, 2.75) is 59.4 Å². The maximum atomic E-state index is 11.3. The van der Waals surface area contributed by atoms with Crippen LogP contribution in [0.4, 0.5) is 0 Å². The molecule has 2 heteroatoms. The molecular formula is C12H25NO. The van der Waals surface area contributed by atoms with Crippen LogP contribution >= 0.6 is 0 Å². The Morgan fingerprint density at radius 2 is 1.71 bits per heavy atom. The monoisotopic (exact) mass is 199 g/mol. The van der Waals surface area contributed by atoms with Crippen LogP contribution in [0.25, 0.3) is 0 Å². The van der Waals surface area contributed by atoms with Gasteiger partial charge in [-0.15, -0.1) is 0 Å². The molecule has 2 nitrogen and oxygen atoms in total. The van der Waals surface area contributed by atoms with Gasteiger partial charge in [0.05, 0.1) is 0 Å². The molecule has 0 radical (unpaired) electrons. The van der Waals surface area contributed by atoms with Gasteiger partial charge in [0.2, 0.25) is 0 Å². The predicted octanol–water partition coefficient (Wildman–Crippen LogP) is 2.77. The molecule has 0 rings (SSSR count). The molecule has 84 valence electrons. The van der Waals surface area contributed by atoms with Crippen molar-refractivity contribution in [2.75, 3.05) is 6.54 Å². The summed E-state index contributed by atoms with van der Waals surface area (Å²) in [6.07, 6.45) is 4.16. The third kappa shape index (κ3) is 8.24. The third-order valence-corrected chi connectivity index (χ3v) is 2.30. The predicted molar refractivity (Wildman–Crippen MR) is 61.5 cm³/mol. The molecule has 0 spiro atoms. The summed E-state index contributed by atoms with van der Waals surface area (Å²) < 4.78 is 0. The molecule has 0 unspecified atom stereocenters. The summed E-state index contributed by atoms with van der Waals surface area (Å²) in [6, 6.07) is 0.576. The average molecular weight is 199 g/mol. The highest BCUT2D eigenvalue weighted by Gasteiger charge is 2.05. The summed E-state index contributed by atoms with van der Waals surface area (Å²) >= 11 is 0. The first-order valence-corrected chi connectivity index (χ1v) is 5.80. The minimum atomic E-state index is 0.212. The largest absolute Gasteiger partial charge is 0.315 e. The van der Waals surface area contributed by atoms with Gasteiger partial charge in [0.25, 0.3) is 0 Å². The van der Waals surface area contributed by atoms with E-state index < -0.39 is 0 Å². The Hall–Kier alpha value is -0.370. The van der Waals surface area contributed by atoms with Gasteiger partial charge in [-0.25, -0.2) is 0 Å². The molecule has 0 aliphatic carbocycles. The van der Waals surface area contributed by atoms with E-state index in [9.17, 15) is 4.79 Å². The van der Waals surface area contributed by atoms with E-state index in [1.54, 1.807) is 0 Å². The fraction of sp³-hybridized carbons (Fsp3) is 0.917. The Bertz CT molecular complexity index is 152. The van der Waals surface area contributed by atoms with Crippen molar-refractivity contribution in [1.29, 1.82) is 0 Å². The molecule has 0 heterocycles. The van der Waals surface area contributed by atoms with Gasteiger partial charge in [0, 0.05) is 18.4 Å². The van der Waals surface area contributed by atoms with E-state index in [2.05, 4.69) is 19.2 Å². The summed E-state index contributed by atoms with van der Waals surface area (Å²) in [6.45, 7) is 9.34. The van der Waals surface area contributed by atoms with Gasteiger partial charge in [-0.05, 0) is 19.4 Å². The summed E-state index contributed by atoms with van der Waals surface area (Å²) in [5.41, 5.74) is 0. The molecule has 0 saturated carbocycles. The third-order valence-electron chi connectivity index (χ3n) is 2.30. The number of hydrogen-bond donors (Lipinski definition) is 1. The van der Waals surface area contributed by atoms with Crippen molar-refractivity contribution in [2.24, 2.45) is 5.92 Å². The second-order valence-corrected chi connectivity index (χ2v) is 4.54. The van der Waals surface area contributed by atoms with Crippen LogP contribution in [0.1, 0.15) is 53.4 Å². The van der Waals surface area contributed by atoms with Crippen LogP contribution in [0.15, 0.2) is 0 Å². The lowest BCUT2D eigenvalue weighted by atomic mass is 10.0. The first kappa shape index (κ1) is 13.6. The molecule has 0 atom stereocenters. The molecule has 0 aromatic carbocycles. The van der Waals surface area contributed by atoms with Crippen molar-refractivity contribution in [3.05, 3.63) is 0 Å². The lowest BCUT2D eigenvalue weighted by Gasteiger charge is -2.07. The normalized spacial score (nSPS) is 11.3. The molecule has 1 N–H and O–H groups in total. The van der Waals surface area contributed by atoms with Crippen LogP contribution in [-0.2, 0) is 4.79 Å². The van der Waals surface area contributed by atoms with Crippen molar-refractivity contribution in [3.8, 4) is 0 Å². The maximum Gasteiger partial charge on any atom is 0.135 e. The number of rotatable bonds is 8. The van der Waals surface area contributed by atoms with E-state index in [1.165, 1.54) is 6.42 Å². The lowest BCUT2D eigenvalue weighted by Crippen LogP contribution is -2.23. The molecule has 14 heavy (non-hydrogen) atoms. The van der Waals surface area contributed by atoms with Gasteiger partial charge >= 0.3 is 0 Å². The maximum absolute atomic E-state index is 11.3. The first-order chi connectivity index (χ1) is 6.54. The second kappa shape index (κ2) is 7.98. The van der Waals surface area contributed by atoms with Gasteiger partial charge in [0.15, 0.2) is 0 Å². The van der Waals surface area contributed by atoms with Crippen molar-refractivity contribution in [3.63, 3.8) is 0 Å². The highest BCUT2D eigenvalue weighted by Crippen LogP contribution is 2.05. The minimum absolute atomic E-state index is 0.212. The van der Waals surface area contributed by atoms with E-state index in [-0.39, 0.29) is 5.92 Å². The van der Waals surface area contributed by atoms with Crippen molar-refractivity contribution >= 4 is 5.78 Å². The van der Waals surface area contributed by atoms with E-state index >= 15 is 0 Å². The quantitative estimate of drug-likeness (QED) is 0.609. The Kier molecular flexibility index (Phi) is 7.77. The fourth-order valence-electron chi connectivity index (χ4n) is 1.28. The van der Waals surface area contributed by atoms with E-state index in [0.717, 1.165) is 25.8 Å². The molecule has 0 fully saturated rings. The highest BCUT2D eigenvalue weighted by atomic mass is 16.1. The molecule has 0 aliphatic rings. The van der Waals surface area contributed by atoms with Crippen molar-refractivity contribution in [1.82, 2.24) is 5.32 Å². The van der Waals surface area contributed by atoms with Gasteiger partial charge < -0.3 is 5.32 Å². The number of carbonyl (C=O) groups is 1. The zero-order chi connectivity index (χ0) is 11.0. The highest BCUT2D eigenvalue weighted by molar-refractivity contribution is 5.80. The molecular weight excluding hydrogens is 174 g/mol. The average Bonchev–Trinajstić information content (AvgIpc) is 2.09. The number of carbonyl (C=O) groups excluding carboxylic acids is 1. The zero-order valence-corrected chi connectivity index (χ0v) is 10.1. The fourth-order valence-corrected chi connectivity index (χ4v) is 1.28. The SMILES string of the molecule is CC(C)NCCCCCC(=O)C(C)C. The molecule has 0 aromatic rings. The van der Waals surface area contributed by atoms with Gasteiger partial charge in [-0.3, -0.25) is 4.79 Å². The molecule has 0 saturated heterocycles. The number of Topliss-reactive ketones (excluding diaryl/α,β-unsaturated/α-hetero) is 1. The van der Waals surface area contributed by atoms with Gasteiger partial charge in [-0.1, -0.05) is 34.1 Å². The molecule has 0 amide bonds. The topological polar surface area (TPSA) is 29.1 Å². The minimum Gasteiger partial charge on any atom is -0.315 e. The van der Waals surface area contributed by atoms with E-state index in [0.29, 0.717) is 11.8 Å². The van der Waals surface area contributed by atoms with Crippen LogP contribution in [0.5, 0.6) is 0 Å². The Morgan fingerprint density at radius 3 is 2.21 bits per heavy atom. The van der Waals surface area contributed by atoms with Crippen LogP contribution in [0.2, 0.25) is 0 Å². The standard InChI is InChI=1S/C12H25NO/c1-10(2)12(14)8-6-5-7-9-13-11(3)4/h10-11,13H,5-9H2,1-4H3. The van der Waals surface area contributed by atoms with Crippen LogP contribution in [0, 0.1) is 5.92 Å². The van der Waals surface area contributed by atoms with Crippen LogP contribution in [-0.4, -0.2) is 18.4 Å².